The van der Waals surface area contributed by atoms with Crippen molar-refractivity contribution in [1.82, 2.24) is 0 Å². The summed E-state index contributed by atoms with van der Waals surface area (Å²) >= 11 is 0. The quantitative estimate of drug-likeness (QED) is 0.389. The molecule has 3 aromatic rings. The zero-order valence-electron chi connectivity index (χ0n) is 13.5. The molecule has 0 unspecified atom stereocenters. The van der Waals surface area contributed by atoms with Crippen molar-refractivity contribution in [3.63, 3.8) is 0 Å². The lowest BCUT2D eigenvalue weighted by Gasteiger charge is -2.06. The highest BCUT2D eigenvalue weighted by Gasteiger charge is 2.09. The van der Waals surface area contributed by atoms with Crippen molar-refractivity contribution >= 4 is 29.3 Å². The van der Waals surface area contributed by atoms with Crippen LogP contribution in [0.15, 0.2) is 82.8 Å². The second-order valence-corrected chi connectivity index (χ2v) is 5.42. The van der Waals surface area contributed by atoms with Crippen molar-refractivity contribution in [2.75, 3.05) is 0 Å². The summed E-state index contributed by atoms with van der Waals surface area (Å²) in [7, 11) is 0. The van der Waals surface area contributed by atoms with Gasteiger partial charge in [0.05, 0.1) is 11.4 Å². The Bertz CT molecular complexity index is 1010. The number of benzene rings is 3. The Hall–Kier alpha value is -3.91. The van der Waals surface area contributed by atoms with E-state index in [1.807, 2.05) is 18.2 Å². The molecule has 0 saturated heterocycles. The molecular formula is C21H12N2O3. The number of hydrogen-bond donors (Lipinski definition) is 0. The van der Waals surface area contributed by atoms with Crippen LogP contribution in [-0.4, -0.2) is 17.9 Å². The fourth-order valence-corrected chi connectivity index (χ4v) is 2.57. The lowest BCUT2D eigenvalue weighted by Crippen LogP contribution is -2.00. The van der Waals surface area contributed by atoms with E-state index in [1.54, 1.807) is 48.5 Å². The number of ketones is 1. The van der Waals surface area contributed by atoms with Gasteiger partial charge in [-0.25, -0.2) is 9.59 Å². The molecule has 26 heavy (non-hydrogen) atoms. The second-order valence-electron chi connectivity index (χ2n) is 5.42. The van der Waals surface area contributed by atoms with Gasteiger partial charge in [-0.2, -0.15) is 9.98 Å². The van der Waals surface area contributed by atoms with Gasteiger partial charge in [-0.1, -0.05) is 54.6 Å². The van der Waals surface area contributed by atoms with E-state index in [9.17, 15) is 14.4 Å². The average molecular weight is 340 g/mol. The highest BCUT2D eigenvalue weighted by Crippen LogP contribution is 2.30. The topological polar surface area (TPSA) is 75.9 Å². The summed E-state index contributed by atoms with van der Waals surface area (Å²) in [5.41, 5.74) is 3.33. The number of isocyanates is 2. The van der Waals surface area contributed by atoms with Crippen molar-refractivity contribution in [2.24, 2.45) is 9.98 Å². The second kappa shape index (κ2) is 7.77. The van der Waals surface area contributed by atoms with Crippen molar-refractivity contribution in [3.05, 3.63) is 83.9 Å². The summed E-state index contributed by atoms with van der Waals surface area (Å²) in [5.74, 6) is -0.0669. The zero-order chi connectivity index (χ0) is 18.4. The molecule has 0 heterocycles. The van der Waals surface area contributed by atoms with E-state index in [1.165, 1.54) is 18.2 Å². The molecule has 3 rings (SSSR count). The van der Waals surface area contributed by atoms with Gasteiger partial charge in [-0.15, -0.1) is 0 Å². The summed E-state index contributed by atoms with van der Waals surface area (Å²) in [6.45, 7) is 0. The largest absolute Gasteiger partial charge is 0.289 e. The van der Waals surface area contributed by atoms with Gasteiger partial charge in [-0.3, -0.25) is 4.79 Å². The molecule has 3 aromatic carbocycles. The SMILES string of the molecule is O=C=Nc1cc(N=C=O)cc(-c2ccc(C(=O)c3ccccc3)cc2)c1. The molecule has 0 bridgehead atoms. The highest BCUT2D eigenvalue weighted by molar-refractivity contribution is 6.09. The van der Waals surface area contributed by atoms with Gasteiger partial charge in [-0.05, 0) is 29.3 Å². The number of hydrogen-bond acceptors (Lipinski definition) is 5. The van der Waals surface area contributed by atoms with Crippen LogP contribution in [0.1, 0.15) is 15.9 Å². The molecule has 0 aliphatic carbocycles. The van der Waals surface area contributed by atoms with Crippen molar-refractivity contribution in [3.8, 4) is 11.1 Å². The molecule has 0 amide bonds. The minimum atomic E-state index is -0.0669. The molecule has 0 radical (unpaired) electrons. The van der Waals surface area contributed by atoms with Gasteiger partial charge in [0.2, 0.25) is 12.2 Å². The summed E-state index contributed by atoms with van der Waals surface area (Å²) in [6, 6.07) is 20.9. The van der Waals surface area contributed by atoms with Crippen LogP contribution in [0, 0.1) is 0 Å². The minimum absolute atomic E-state index is 0.0669. The zero-order valence-corrected chi connectivity index (χ0v) is 13.5. The normalized spacial score (nSPS) is 9.69. The molecule has 0 aromatic heterocycles. The standard InChI is InChI=1S/C21H12N2O3/c24-13-22-19-10-18(11-20(12-19)23-14-25)15-6-8-17(9-7-15)21(26)16-4-2-1-3-5-16/h1-12H. The van der Waals surface area contributed by atoms with E-state index in [4.69, 9.17) is 0 Å². The van der Waals surface area contributed by atoms with Gasteiger partial charge in [0.1, 0.15) is 0 Å². The predicted molar refractivity (Wildman–Crippen MR) is 97.3 cm³/mol. The van der Waals surface area contributed by atoms with Gasteiger partial charge in [0, 0.05) is 11.1 Å². The van der Waals surface area contributed by atoms with Gasteiger partial charge < -0.3 is 0 Å². The Morgan fingerprint density at radius 2 is 1.19 bits per heavy atom. The maximum absolute atomic E-state index is 12.5. The Kier molecular flexibility index (Phi) is 5.06. The molecule has 0 saturated carbocycles. The lowest BCUT2D eigenvalue weighted by atomic mass is 9.99. The first-order chi connectivity index (χ1) is 12.7. The van der Waals surface area contributed by atoms with E-state index in [0.717, 1.165) is 5.56 Å². The number of carbonyl (C=O) groups excluding carboxylic acids is 3. The van der Waals surface area contributed by atoms with Crippen LogP contribution in [0.4, 0.5) is 11.4 Å². The Balaban J connectivity index is 1.97. The molecule has 0 N–H and O–H groups in total. The van der Waals surface area contributed by atoms with E-state index < -0.39 is 0 Å². The molecule has 0 aliphatic rings. The average Bonchev–Trinajstić information content (AvgIpc) is 2.68. The summed E-state index contributed by atoms with van der Waals surface area (Å²) in [4.78, 5) is 40.6. The molecule has 0 spiro atoms. The fourth-order valence-electron chi connectivity index (χ4n) is 2.57. The molecule has 0 fully saturated rings. The van der Waals surface area contributed by atoms with Crippen LogP contribution < -0.4 is 0 Å². The highest BCUT2D eigenvalue weighted by atomic mass is 16.1. The van der Waals surface area contributed by atoms with Crippen LogP contribution in [0.25, 0.3) is 11.1 Å². The van der Waals surface area contributed by atoms with Gasteiger partial charge >= 0.3 is 0 Å². The third-order valence-electron chi connectivity index (χ3n) is 3.77. The first kappa shape index (κ1) is 16.9. The number of rotatable bonds is 5. The van der Waals surface area contributed by atoms with Crippen LogP contribution in [0.5, 0.6) is 0 Å². The first-order valence-electron chi connectivity index (χ1n) is 7.72. The smallest absolute Gasteiger partial charge is 0.240 e. The van der Waals surface area contributed by atoms with Gasteiger partial charge in [0.25, 0.3) is 0 Å². The number of aliphatic imine (C=N–C) groups is 2. The van der Waals surface area contributed by atoms with Crippen molar-refractivity contribution in [2.45, 2.75) is 0 Å². The van der Waals surface area contributed by atoms with Crippen LogP contribution in [0.3, 0.4) is 0 Å². The molecule has 5 heteroatoms. The number of nitrogens with zero attached hydrogens (tertiary/aromatic N) is 2. The number of carbonyl (C=O) groups is 1. The molecule has 0 atom stereocenters. The Labute approximate surface area is 149 Å². The first-order valence-corrected chi connectivity index (χ1v) is 7.72. The Morgan fingerprint density at radius 1 is 0.654 bits per heavy atom. The van der Waals surface area contributed by atoms with E-state index in [-0.39, 0.29) is 5.78 Å². The fraction of sp³-hybridized carbons (Fsp3) is 0. The third kappa shape index (κ3) is 3.77. The van der Waals surface area contributed by atoms with Crippen molar-refractivity contribution < 1.29 is 14.4 Å². The van der Waals surface area contributed by atoms with Gasteiger partial charge in [0.15, 0.2) is 5.78 Å². The maximum atomic E-state index is 12.5. The monoisotopic (exact) mass is 340 g/mol. The minimum Gasteiger partial charge on any atom is -0.289 e. The van der Waals surface area contributed by atoms with Crippen LogP contribution >= 0.6 is 0 Å². The van der Waals surface area contributed by atoms with Crippen LogP contribution in [-0.2, 0) is 9.59 Å². The predicted octanol–water partition coefficient (Wildman–Crippen LogP) is 4.52. The van der Waals surface area contributed by atoms with E-state index >= 15 is 0 Å². The summed E-state index contributed by atoms with van der Waals surface area (Å²) < 4.78 is 0. The van der Waals surface area contributed by atoms with Crippen LogP contribution in [0.2, 0.25) is 0 Å². The molecular weight excluding hydrogens is 328 g/mol. The van der Waals surface area contributed by atoms with E-state index in [2.05, 4.69) is 9.98 Å². The third-order valence-corrected chi connectivity index (χ3v) is 3.77. The lowest BCUT2D eigenvalue weighted by molar-refractivity contribution is 0.103. The Morgan fingerprint density at radius 3 is 1.73 bits per heavy atom. The summed E-state index contributed by atoms with van der Waals surface area (Å²) in [6.07, 6.45) is 2.93. The van der Waals surface area contributed by atoms with E-state index in [0.29, 0.717) is 28.1 Å². The maximum Gasteiger partial charge on any atom is 0.240 e. The molecule has 5 nitrogen and oxygen atoms in total. The summed E-state index contributed by atoms with van der Waals surface area (Å²) in [5, 5.41) is 0. The van der Waals surface area contributed by atoms with Crippen molar-refractivity contribution in [1.29, 1.82) is 0 Å². The molecule has 0 aliphatic heterocycles. The molecule has 124 valence electrons.